The second kappa shape index (κ2) is 7.99. The summed E-state index contributed by atoms with van der Waals surface area (Å²) in [5.74, 6) is -0.675. The van der Waals surface area contributed by atoms with E-state index < -0.39 is 11.7 Å². The molecule has 0 aliphatic rings. The summed E-state index contributed by atoms with van der Waals surface area (Å²) in [4.78, 5) is 32.9. The molecular formula is C19H13FIN7O. The SMILES string of the molecule is NC(=O)c1cnccc1Nc1nc(-c2cc(CI)ccc2F)nc2nccnc12. The second-order valence-corrected chi connectivity index (χ2v) is 6.75. The van der Waals surface area contributed by atoms with Crippen molar-refractivity contribution >= 4 is 51.2 Å². The number of hydrogen-bond acceptors (Lipinski definition) is 7. The second-order valence-electron chi connectivity index (χ2n) is 5.98. The molecule has 8 nitrogen and oxygen atoms in total. The molecule has 3 N–H and O–H groups in total. The van der Waals surface area contributed by atoms with E-state index in [1.54, 1.807) is 18.2 Å². The van der Waals surface area contributed by atoms with Crippen molar-refractivity contribution in [2.24, 2.45) is 5.73 Å². The first-order chi connectivity index (χ1) is 14.1. The molecule has 0 unspecified atom stereocenters. The first-order valence-electron chi connectivity index (χ1n) is 8.41. The first kappa shape index (κ1) is 19.1. The van der Waals surface area contributed by atoms with E-state index in [1.165, 1.54) is 30.9 Å². The van der Waals surface area contributed by atoms with Crippen molar-refractivity contribution in [3.8, 4) is 11.4 Å². The number of pyridine rings is 1. The Labute approximate surface area is 178 Å². The fourth-order valence-electron chi connectivity index (χ4n) is 2.73. The summed E-state index contributed by atoms with van der Waals surface area (Å²) in [6.07, 6.45) is 5.84. The molecule has 0 aliphatic carbocycles. The number of nitrogens with one attached hydrogen (secondary N) is 1. The molecule has 0 spiro atoms. The topological polar surface area (TPSA) is 120 Å². The van der Waals surface area contributed by atoms with E-state index in [9.17, 15) is 9.18 Å². The summed E-state index contributed by atoms with van der Waals surface area (Å²) < 4.78 is 15.2. The summed E-state index contributed by atoms with van der Waals surface area (Å²) in [5.41, 5.74) is 7.84. The van der Waals surface area contributed by atoms with Crippen molar-refractivity contribution in [3.05, 3.63) is 66.0 Å². The third kappa shape index (κ3) is 3.83. The van der Waals surface area contributed by atoms with Crippen LogP contribution in [-0.4, -0.2) is 30.8 Å². The molecule has 0 saturated heterocycles. The maximum Gasteiger partial charge on any atom is 0.252 e. The number of amides is 1. The molecule has 0 radical (unpaired) electrons. The molecule has 0 aliphatic heterocycles. The fraction of sp³-hybridized carbons (Fsp3) is 0.0526. The lowest BCUT2D eigenvalue weighted by molar-refractivity contribution is 0.100. The highest BCUT2D eigenvalue weighted by molar-refractivity contribution is 14.1. The molecule has 144 valence electrons. The van der Waals surface area contributed by atoms with Gasteiger partial charge in [-0.25, -0.2) is 24.3 Å². The van der Waals surface area contributed by atoms with Gasteiger partial charge in [-0.15, -0.1) is 0 Å². The summed E-state index contributed by atoms with van der Waals surface area (Å²) in [5, 5.41) is 3.04. The number of nitrogens with two attached hydrogens (primary N) is 1. The van der Waals surface area contributed by atoms with E-state index in [0.29, 0.717) is 15.6 Å². The molecule has 29 heavy (non-hydrogen) atoms. The predicted molar refractivity (Wildman–Crippen MR) is 114 cm³/mol. The zero-order valence-corrected chi connectivity index (χ0v) is 17.0. The van der Waals surface area contributed by atoms with Crippen LogP contribution in [0.5, 0.6) is 0 Å². The molecule has 0 saturated carbocycles. The minimum Gasteiger partial charge on any atom is -0.365 e. The Bertz CT molecular complexity index is 1230. The number of halogens is 2. The number of carbonyl (C=O) groups excluding carboxylic acids is 1. The van der Waals surface area contributed by atoms with Crippen LogP contribution in [0.2, 0.25) is 0 Å². The van der Waals surface area contributed by atoms with Gasteiger partial charge >= 0.3 is 0 Å². The van der Waals surface area contributed by atoms with Crippen LogP contribution in [0.3, 0.4) is 0 Å². The highest BCUT2D eigenvalue weighted by Gasteiger charge is 2.17. The summed E-state index contributed by atoms with van der Waals surface area (Å²) in [7, 11) is 0. The molecule has 0 fully saturated rings. The number of nitrogens with zero attached hydrogens (tertiary/aromatic N) is 5. The van der Waals surface area contributed by atoms with Gasteiger partial charge in [0.25, 0.3) is 5.91 Å². The van der Waals surface area contributed by atoms with E-state index in [1.807, 2.05) is 0 Å². The highest BCUT2D eigenvalue weighted by Crippen LogP contribution is 2.28. The van der Waals surface area contributed by atoms with Gasteiger partial charge in [0, 0.05) is 29.2 Å². The van der Waals surface area contributed by atoms with E-state index in [2.05, 4.69) is 52.8 Å². The number of aromatic nitrogens is 5. The molecule has 0 bridgehead atoms. The van der Waals surface area contributed by atoms with Crippen LogP contribution in [-0.2, 0) is 4.43 Å². The van der Waals surface area contributed by atoms with Crippen LogP contribution in [0.25, 0.3) is 22.6 Å². The Kier molecular flexibility index (Phi) is 5.25. The van der Waals surface area contributed by atoms with Crippen molar-refractivity contribution in [1.29, 1.82) is 0 Å². The molecule has 3 heterocycles. The minimum atomic E-state index is -0.647. The fourth-order valence-corrected chi connectivity index (χ4v) is 3.20. The average molecular weight is 501 g/mol. The number of fused-ring (bicyclic) bond motifs is 1. The molecular weight excluding hydrogens is 488 g/mol. The number of primary amides is 1. The van der Waals surface area contributed by atoms with Gasteiger partial charge in [0.1, 0.15) is 5.82 Å². The van der Waals surface area contributed by atoms with Gasteiger partial charge in [0.15, 0.2) is 22.8 Å². The van der Waals surface area contributed by atoms with Gasteiger partial charge in [-0.1, -0.05) is 28.7 Å². The number of rotatable bonds is 5. The molecule has 3 aromatic heterocycles. The normalized spacial score (nSPS) is 10.8. The Balaban J connectivity index is 1.90. The number of carbonyl (C=O) groups is 1. The summed E-state index contributed by atoms with van der Waals surface area (Å²) in [6, 6.07) is 6.38. The largest absolute Gasteiger partial charge is 0.365 e. The van der Waals surface area contributed by atoms with Crippen LogP contribution >= 0.6 is 22.6 Å². The molecule has 1 aromatic carbocycles. The van der Waals surface area contributed by atoms with Crippen LogP contribution in [0, 0.1) is 5.82 Å². The Morgan fingerprint density at radius 2 is 1.97 bits per heavy atom. The molecule has 0 atom stereocenters. The van der Waals surface area contributed by atoms with Gasteiger partial charge in [0.05, 0.1) is 16.8 Å². The standard InChI is InChI=1S/C19H13FIN7O/c20-13-2-1-10(8-21)7-11(13)17-27-18-15(24-5-6-25-18)19(28-17)26-14-3-4-23-9-12(14)16(22)29/h1-7,9H,8H2,(H2,22,29)(H,23,25,26,27,28). The third-order valence-corrected chi connectivity index (χ3v) is 4.98. The van der Waals surface area contributed by atoms with E-state index in [4.69, 9.17) is 5.73 Å². The zero-order chi connectivity index (χ0) is 20.4. The van der Waals surface area contributed by atoms with E-state index in [0.717, 1.165) is 5.56 Å². The lowest BCUT2D eigenvalue weighted by atomic mass is 10.1. The zero-order valence-electron chi connectivity index (χ0n) is 14.8. The maximum absolute atomic E-state index is 14.5. The van der Waals surface area contributed by atoms with Crippen molar-refractivity contribution in [1.82, 2.24) is 24.9 Å². The Hall–Kier alpha value is -3.28. The van der Waals surface area contributed by atoms with E-state index in [-0.39, 0.29) is 28.4 Å². The van der Waals surface area contributed by atoms with E-state index >= 15 is 0 Å². The highest BCUT2D eigenvalue weighted by atomic mass is 127. The van der Waals surface area contributed by atoms with Crippen molar-refractivity contribution < 1.29 is 9.18 Å². The van der Waals surface area contributed by atoms with Crippen LogP contribution < -0.4 is 11.1 Å². The van der Waals surface area contributed by atoms with Gasteiger partial charge in [-0.05, 0) is 23.8 Å². The quantitative estimate of drug-likeness (QED) is 0.318. The van der Waals surface area contributed by atoms with Gasteiger partial charge in [-0.3, -0.25) is 9.78 Å². The van der Waals surface area contributed by atoms with Crippen LogP contribution in [0.15, 0.2) is 49.1 Å². The summed E-state index contributed by atoms with van der Waals surface area (Å²) >= 11 is 2.20. The molecule has 1 amide bonds. The molecule has 4 aromatic rings. The monoisotopic (exact) mass is 501 g/mol. The number of hydrogen-bond donors (Lipinski definition) is 2. The number of benzene rings is 1. The first-order valence-corrected chi connectivity index (χ1v) is 9.93. The average Bonchev–Trinajstić information content (AvgIpc) is 2.74. The van der Waals surface area contributed by atoms with Crippen LogP contribution in [0.1, 0.15) is 15.9 Å². The molecule has 10 heteroatoms. The van der Waals surface area contributed by atoms with Crippen molar-refractivity contribution in [2.45, 2.75) is 4.43 Å². The smallest absolute Gasteiger partial charge is 0.252 e. The Morgan fingerprint density at radius 3 is 2.76 bits per heavy atom. The molecule has 4 rings (SSSR count). The Morgan fingerprint density at radius 1 is 1.14 bits per heavy atom. The number of anilines is 2. The number of alkyl halides is 1. The van der Waals surface area contributed by atoms with Crippen LogP contribution in [0.4, 0.5) is 15.9 Å². The summed E-state index contributed by atoms with van der Waals surface area (Å²) in [6.45, 7) is 0. The van der Waals surface area contributed by atoms with Gasteiger partial charge in [0.2, 0.25) is 0 Å². The maximum atomic E-state index is 14.5. The predicted octanol–water partition coefficient (Wildman–Crippen LogP) is 3.40. The van der Waals surface area contributed by atoms with Gasteiger partial charge < -0.3 is 11.1 Å². The lowest BCUT2D eigenvalue weighted by Crippen LogP contribution is -2.14. The van der Waals surface area contributed by atoms with Crippen molar-refractivity contribution in [2.75, 3.05) is 5.32 Å². The van der Waals surface area contributed by atoms with Gasteiger partial charge in [-0.2, -0.15) is 0 Å². The van der Waals surface area contributed by atoms with Crippen molar-refractivity contribution in [3.63, 3.8) is 0 Å². The third-order valence-electron chi connectivity index (χ3n) is 4.10. The minimum absolute atomic E-state index is 0.152. The lowest BCUT2D eigenvalue weighted by Gasteiger charge is -2.12.